The van der Waals surface area contributed by atoms with Crippen LogP contribution in [0.4, 0.5) is 0 Å². The Morgan fingerprint density at radius 1 is 1.22 bits per heavy atom. The highest BCUT2D eigenvalue weighted by molar-refractivity contribution is 5.89. The zero-order valence-electron chi connectivity index (χ0n) is 15.1. The largest absolute Gasteiger partial charge is 0.465 e. The van der Waals surface area contributed by atoms with Gasteiger partial charge in [0.15, 0.2) is 5.82 Å². The first-order chi connectivity index (χ1) is 13.2. The molecule has 3 heterocycles. The summed E-state index contributed by atoms with van der Waals surface area (Å²) in [4.78, 5) is 27.4. The summed E-state index contributed by atoms with van der Waals surface area (Å²) >= 11 is 0. The number of hydrogen-bond donors (Lipinski definition) is 0. The van der Waals surface area contributed by atoms with Gasteiger partial charge in [-0.25, -0.2) is 14.8 Å². The fraction of sp³-hybridized carbons (Fsp3) is 0.238. The zero-order valence-corrected chi connectivity index (χ0v) is 15.1. The van der Waals surface area contributed by atoms with E-state index in [0.29, 0.717) is 5.56 Å². The molecule has 6 heteroatoms. The van der Waals surface area contributed by atoms with Crippen molar-refractivity contribution in [1.82, 2.24) is 19.9 Å². The van der Waals surface area contributed by atoms with Crippen LogP contribution in [0.5, 0.6) is 0 Å². The van der Waals surface area contributed by atoms with Crippen molar-refractivity contribution in [1.29, 1.82) is 0 Å². The number of hydrogen-bond acceptors (Lipinski definition) is 6. The zero-order chi connectivity index (χ0) is 18.6. The van der Waals surface area contributed by atoms with Crippen molar-refractivity contribution in [3.8, 4) is 11.4 Å². The standard InChI is InChI=1S/C21H20N4O2/c1-27-21(26)17-4-2-3-15(11-17)13-25-10-7-18-12-23-20(24-19(18)14-25)16-5-8-22-9-6-16/h2-6,8-9,11-12H,7,10,13-14H2,1H3. The van der Waals surface area contributed by atoms with E-state index in [2.05, 4.69) is 14.9 Å². The van der Waals surface area contributed by atoms with Crippen molar-refractivity contribution in [2.24, 2.45) is 0 Å². The van der Waals surface area contributed by atoms with Crippen LogP contribution >= 0.6 is 0 Å². The Labute approximate surface area is 157 Å². The summed E-state index contributed by atoms with van der Waals surface area (Å²) in [7, 11) is 1.40. The van der Waals surface area contributed by atoms with E-state index in [1.165, 1.54) is 12.7 Å². The molecule has 0 atom stereocenters. The fourth-order valence-electron chi connectivity index (χ4n) is 3.30. The molecule has 0 saturated carbocycles. The van der Waals surface area contributed by atoms with E-state index >= 15 is 0 Å². The van der Waals surface area contributed by atoms with Gasteiger partial charge in [0.1, 0.15) is 0 Å². The van der Waals surface area contributed by atoms with Gasteiger partial charge in [-0.15, -0.1) is 0 Å². The number of carbonyl (C=O) groups is 1. The molecule has 27 heavy (non-hydrogen) atoms. The minimum absolute atomic E-state index is 0.310. The normalized spacial score (nSPS) is 13.8. The van der Waals surface area contributed by atoms with E-state index in [1.54, 1.807) is 18.5 Å². The fourth-order valence-corrected chi connectivity index (χ4v) is 3.30. The van der Waals surface area contributed by atoms with E-state index in [1.807, 2.05) is 36.5 Å². The number of esters is 1. The second-order valence-corrected chi connectivity index (χ2v) is 6.55. The van der Waals surface area contributed by atoms with E-state index < -0.39 is 0 Å². The van der Waals surface area contributed by atoms with Crippen LogP contribution in [-0.4, -0.2) is 39.5 Å². The van der Waals surface area contributed by atoms with Crippen LogP contribution in [0.1, 0.15) is 27.2 Å². The van der Waals surface area contributed by atoms with Crippen LogP contribution < -0.4 is 0 Å². The lowest BCUT2D eigenvalue weighted by Crippen LogP contribution is -2.31. The predicted octanol–water partition coefficient (Wildman–Crippen LogP) is 2.88. The number of pyridine rings is 1. The predicted molar refractivity (Wildman–Crippen MR) is 101 cm³/mol. The number of rotatable bonds is 4. The Bertz CT molecular complexity index is 959. The molecule has 0 saturated heterocycles. The molecule has 0 unspecified atom stereocenters. The van der Waals surface area contributed by atoms with Gasteiger partial charge in [-0.05, 0) is 41.8 Å². The molecule has 1 aromatic carbocycles. The third kappa shape index (κ3) is 3.85. The SMILES string of the molecule is COC(=O)c1cccc(CN2CCc3cnc(-c4ccncc4)nc3C2)c1. The van der Waals surface area contributed by atoms with Crippen LogP contribution in [0, 0.1) is 0 Å². The maximum Gasteiger partial charge on any atom is 0.337 e. The molecular weight excluding hydrogens is 340 g/mol. The van der Waals surface area contributed by atoms with E-state index in [4.69, 9.17) is 9.72 Å². The Balaban J connectivity index is 1.52. The van der Waals surface area contributed by atoms with Gasteiger partial charge in [-0.1, -0.05) is 12.1 Å². The quantitative estimate of drug-likeness (QED) is 0.667. The van der Waals surface area contributed by atoms with Crippen LogP contribution in [0.25, 0.3) is 11.4 Å². The van der Waals surface area contributed by atoms with E-state index in [-0.39, 0.29) is 5.97 Å². The van der Waals surface area contributed by atoms with Gasteiger partial charge < -0.3 is 4.74 Å². The highest BCUT2D eigenvalue weighted by Crippen LogP contribution is 2.22. The monoisotopic (exact) mass is 360 g/mol. The smallest absolute Gasteiger partial charge is 0.337 e. The Kier molecular flexibility index (Phi) is 4.89. The first-order valence-corrected chi connectivity index (χ1v) is 8.88. The van der Waals surface area contributed by atoms with Crippen molar-refractivity contribution in [2.45, 2.75) is 19.5 Å². The summed E-state index contributed by atoms with van der Waals surface area (Å²) in [6, 6.07) is 11.4. The van der Waals surface area contributed by atoms with Gasteiger partial charge in [0.05, 0.1) is 18.4 Å². The molecule has 2 aromatic heterocycles. The maximum atomic E-state index is 11.7. The molecule has 0 N–H and O–H groups in total. The second-order valence-electron chi connectivity index (χ2n) is 6.55. The number of ether oxygens (including phenoxy) is 1. The number of aromatic nitrogens is 3. The number of carbonyl (C=O) groups excluding carboxylic acids is 1. The van der Waals surface area contributed by atoms with Gasteiger partial charge >= 0.3 is 5.97 Å². The van der Waals surface area contributed by atoms with Gasteiger partial charge in [0.2, 0.25) is 0 Å². The van der Waals surface area contributed by atoms with E-state index in [9.17, 15) is 4.79 Å². The molecule has 0 aliphatic carbocycles. The Morgan fingerprint density at radius 3 is 2.89 bits per heavy atom. The summed E-state index contributed by atoms with van der Waals surface area (Å²) in [5.41, 5.74) is 4.90. The molecule has 0 fully saturated rings. The molecule has 6 nitrogen and oxygen atoms in total. The second kappa shape index (κ2) is 7.63. The van der Waals surface area contributed by atoms with Crippen molar-refractivity contribution in [3.63, 3.8) is 0 Å². The molecule has 0 amide bonds. The summed E-state index contributed by atoms with van der Waals surface area (Å²) in [5, 5.41) is 0. The lowest BCUT2D eigenvalue weighted by molar-refractivity contribution is 0.0600. The molecule has 0 radical (unpaired) electrons. The van der Waals surface area contributed by atoms with Gasteiger partial charge in [0, 0.05) is 43.8 Å². The number of fused-ring (bicyclic) bond motifs is 1. The molecule has 0 spiro atoms. The summed E-state index contributed by atoms with van der Waals surface area (Å²) < 4.78 is 4.81. The highest BCUT2D eigenvalue weighted by atomic mass is 16.5. The van der Waals surface area contributed by atoms with Gasteiger partial charge in [-0.2, -0.15) is 0 Å². The molecule has 3 aromatic rings. The summed E-state index contributed by atoms with van der Waals surface area (Å²) in [6.07, 6.45) is 6.35. The van der Waals surface area contributed by atoms with Crippen LogP contribution in [0.15, 0.2) is 55.0 Å². The molecule has 0 bridgehead atoms. The van der Waals surface area contributed by atoms with Crippen molar-refractivity contribution in [2.75, 3.05) is 13.7 Å². The minimum atomic E-state index is -0.310. The molecule has 136 valence electrons. The van der Waals surface area contributed by atoms with Crippen molar-refractivity contribution >= 4 is 5.97 Å². The van der Waals surface area contributed by atoms with E-state index in [0.717, 1.165) is 48.7 Å². The first-order valence-electron chi connectivity index (χ1n) is 8.88. The van der Waals surface area contributed by atoms with Gasteiger partial charge in [0.25, 0.3) is 0 Å². The minimum Gasteiger partial charge on any atom is -0.465 e. The average molecular weight is 360 g/mol. The van der Waals surface area contributed by atoms with Crippen molar-refractivity contribution < 1.29 is 9.53 Å². The summed E-state index contributed by atoms with van der Waals surface area (Å²) in [6.45, 7) is 2.46. The Morgan fingerprint density at radius 2 is 2.07 bits per heavy atom. The number of methoxy groups -OCH3 is 1. The van der Waals surface area contributed by atoms with Crippen LogP contribution in [0.2, 0.25) is 0 Å². The Hall–Kier alpha value is -3.12. The maximum absolute atomic E-state index is 11.7. The molecule has 1 aliphatic rings. The topological polar surface area (TPSA) is 68.2 Å². The average Bonchev–Trinajstić information content (AvgIpc) is 2.73. The van der Waals surface area contributed by atoms with Gasteiger partial charge in [-0.3, -0.25) is 9.88 Å². The van der Waals surface area contributed by atoms with Crippen molar-refractivity contribution in [3.05, 3.63) is 77.4 Å². The third-order valence-electron chi connectivity index (χ3n) is 4.72. The lowest BCUT2D eigenvalue weighted by atomic mass is 10.0. The lowest BCUT2D eigenvalue weighted by Gasteiger charge is -2.28. The first kappa shape index (κ1) is 17.3. The highest BCUT2D eigenvalue weighted by Gasteiger charge is 2.19. The molecular formula is C21H20N4O2. The van der Waals surface area contributed by atoms with Crippen LogP contribution in [-0.2, 0) is 24.2 Å². The number of benzene rings is 1. The third-order valence-corrected chi connectivity index (χ3v) is 4.72. The number of nitrogens with zero attached hydrogens (tertiary/aromatic N) is 4. The molecule has 1 aliphatic heterocycles. The van der Waals surface area contributed by atoms with Crippen LogP contribution in [0.3, 0.4) is 0 Å². The summed E-state index contributed by atoms with van der Waals surface area (Å²) in [5.74, 6) is 0.418. The molecule has 4 rings (SSSR count).